The summed E-state index contributed by atoms with van der Waals surface area (Å²) in [6, 6.07) is 15.8. The topological polar surface area (TPSA) is 49.7 Å². The Hall–Kier alpha value is -1.41. The summed E-state index contributed by atoms with van der Waals surface area (Å²) < 4.78 is 6.66. The van der Waals surface area contributed by atoms with Crippen molar-refractivity contribution in [3.63, 3.8) is 0 Å². The molecule has 2 rings (SSSR count). The molecule has 33 heavy (non-hydrogen) atoms. The second kappa shape index (κ2) is 8.67. The lowest BCUT2D eigenvalue weighted by Gasteiger charge is -2.48. The van der Waals surface area contributed by atoms with Gasteiger partial charge in [-0.15, -0.1) is 0 Å². The number of hydrogen-bond donors (Lipinski definition) is 2. The summed E-state index contributed by atoms with van der Waals surface area (Å²) in [4.78, 5) is 24.6. The zero-order valence-corrected chi connectivity index (χ0v) is 24.9. The SMILES string of the molecule is CC(C)(C)[Si](O)(c1ccccc1Oc1ccccc1[Si](O)(C(C)(C)C)C(C)(C)C)C(C)(C)C. The van der Waals surface area contributed by atoms with Gasteiger partial charge >= 0.3 is 0 Å². The second-order valence-electron chi connectivity index (χ2n) is 13.5. The normalized spacial score (nSPS) is 14.4. The molecule has 0 radical (unpaired) electrons. The summed E-state index contributed by atoms with van der Waals surface area (Å²) in [5.41, 5.74) is 0. The standard InChI is InChI=1S/C28H46O3Si2/c1-25(2,3)32(29,26(4,5)6)23-19-15-13-17-21(23)31-22-18-14-16-20-24(22)33(30,27(7,8)9)28(10,11)12/h13-20,29-30H,1-12H3. The highest BCUT2D eigenvalue weighted by atomic mass is 28.4. The predicted molar refractivity (Wildman–Crippen MR) is 147 cm³/mol. The molecule has 3 nitrogen and oxygen atoms in total. The van der Waals surface area contributed by atoms with Gasteiger partial charge in [0.05, 0.1) is 0 Å². The highest BCUT2D eigenvalue weighted by Crippen LogP contribution is 2.51. The van der Waals surface area contributed by atoms with Crippen molar-refractivity contribution in [1.29, 1.82) is 0 Å². The van der Waals surface area contributed by atoms with Crippen molar-refractivity contribution in [3.05, 3.63) is 48.5 Å². The number of rotatable bonds is 4. The molecule has 0 bridgehead atoms. The minimum atomic E-state index is -3.04. The van der Waals surface area contributed by atoms with E-state index in [0.29, 0.717) is 11.5 Å². The third-order valence-electron chi connectivity index (χ3n) is 7.12. The monoisotopic (exact) mass is 486 g/mol. The van der Waals surface area contributed by atoms with Gasteiger partial charge in [0.2, 0.25) is 16.6 Å². The van der Waals surface area contributed by atoms with Crippen LogP contribution in [-0.2, 0) is 0 Å². The number of ether oxygens (including phenoxy) is 1. The van der Waals surface area contributed by atoms with Gasteiger partial charge in [0.15, 0.2) is 0 Å². The first kappa shape index (κ1) is 27.8. The molecule has 184 valence electrons. The van der Waals surface area contributed by atoms with E-state index in [1.54, 1.807) is 0 Å². The lowest BCUT2D eigenvalue weighted by Crippen LogP contribution is -2.62. The lowest BCUT2D eigenvalue weighted by molar-refractivity contribution is 0.420. The van der Waals surface area contributed by atoms with Crippen molar-refractivity contribution in [1.82, 2.24) is 0 Å². The molecule has 0 aromatic heterocycles. The van der Waals surface area contributed by atoms with Crippen molar-refractivity contribution < 1.29 is 14.3 Å². The van der Waals surface area contributed by atoms with E-state index in [4.69, 9.17) is 4.74 Å². The van der Waals surface area contributed by atoms with Crippen molar-refractivity contribution in [2.45, 2.75) is 103 Å². The maximum Gasteiger partial charge on any atom is 0.234 e. The third kappa shape index (κ3) is 4.75. The van der Waals surface area contributed by atoms with Gasteiger partial charge in [-0.1, -0.05) is 119 Å². The zero-order valence-electron chi connectivity index (χ0n) is 22.9. The van der Waals surface area contributed by atoms with Gasteiger partial charge in [-0.25, -0.2) is 0 Å². The molecule has 2 aromatic rings. The predicted octanol–water partition coefficient (Wildman–Crippen LogP) is 6.97. The van der Waals surface area contributed by atoms with Crippen LogP contribution in [0, 0.1) is 0 Å². The van der Waals surface area contributed by atoms with E-state index in [-0.39, 0.29) is 20.2 Å². The first-order valence-corrected chi connectivity index (χ1v) is 15.9. The number of para-hydroxylation sites is 2. The summed E-state index contributed by atoms with van der Waals surface area (Å²) in [6.45, 7) is 25.5. The van der Waals surface area contributed by atoms with Crippen LogP contribution in [0.4, 0.5) is 0 Å². The Bertz CT molecular complexity index is 863. The smallest absolute Gasteiger partial charge is 0.234 e. The Morgan fingerprint density at radius 2 is 0.727 bits per heavy atom. The Morgan fingerprint density at radius 3 is 0.970 bits per heavy atom. The van der Waals surface area contributed by atoms with Crippen molar-refractivity contribution >= 4 is 27.0 Å². The van der Waals surface area contributed by atoms with E-state index in [0.717, 1.165) is 10.4 Å². The average Bonchev–Trinajstić information content (AvgIpc) is 2.64. The average molecular weight is 487 g/mol. The van der Waals surface area contributed by atoms with Crippen LogP contribution in [0.3, 0.4) is 0 Å². The summed E-state index contributed by atoms with van der Waals surface area (Å²) in [7, 11) is -6.08. The van der Waals surface area contributed by atoms with E-state index in [1.807, 2.05) is 48.5 Å². The van der Waals surface area contributed by atoms with E-state index in [2.05, 4.69) is 83.1 Å². The molecule has 0 aliphatic rings. The molecule has 0 saturated carbocycles. The molecular weight excluding hydrogens is 440 g/mol. The molecule has 0 aliphatic carbocycles. The molecule has 2 N–H and O–H groups in total. The van der Waals surface area contributed by atoms with Crippen LogP contribution in [0.25, 0.3) is 0 Å². The molecule has 0 spiro atoms. The summed E-state index contributed by atoms with van der Waals surface area (Å²) in [6.07, 6.45) is 0. The van der Waals surface area contributed by atoms with Gasteiger partial charge < -0.3 is 14.3 Å². The Labute approximate surface area is 204 Å². The largest absolute Gasteiger partial charge is 0.457 e. The van der Waals surface area contributed by atoms with Crippen molar-refractivity contribution in [2.75, 3.05) is 0 Å². The van der Waals surface area contributed by atoms with Crippen molar-refractivity contribution in [2.24, 2.45) is 0 Å². The van der Waals surface area contributed by atoms with E-state index in [1.165, 1.54) is 0 Å². The van der Waals surface area contributed by atoms with E-state index >= 15 is 0 Å². The van der Waals surface area contributed by atoms with E-state index < -0.39 is 16.6 Å². The van der Waals surface area contributed by atoms with Gasteiger partial charge in [0.1, 0.15) is 11.5 Å². The molecule has 0 amide bonds. The van der Waals surface area contributed by atoms with Gasteiger partial charge in [-0.2, -0.15) is 0 Å². The van der Waals surface area contributed by atoms with Crippen LogP contribution in [0.1, 0.15) is 83.1 Å². The minimum Gasteiger partial charge on any atom is -0.457 e. The molecule has 0 unspecified atom stereocenters. The van der Waals surface area contributed by atoms with Gasteiger partial charge in [0.25, 0.3) is 0 Å². The molecule has 0 atom stereocenters. The molecule has 0 heterocycles. The molecule has 5 heteroatoms. The second-order valence-corrected chi connectivity index (χ2v) is 23.4. The maximum atomic E-state index is 12.3. The fraction of sp³-hybridized carbons (Fsp3) is 0.571. The van der Waals surface area contributed by atoms with Gasteiger partial charge in [0, 0.05) is 10.4 Å². The minimum absolute atomic E-state index is 0.295. The van der Waals surface area contributed by atoms with E-state index in [9.17, 15) is 9.59 Å². The highest BCUT2D eigenvalue weighted by molar-refractivity contribution is 6.91. The number of hydrogen-bond acceptors (Lipinski definition) is 3. The van der Waals surface area contributed by atoms with Crippen LogP contribution in [0.5, 0.6) is 11.5 Å². The first-order valence-electron chi connectivity index (χ1n) is 12.0. The van der Waals surface area contributed by atoms with Crippen molar-refractivity contribution in [3.8, 4) is 11.5 Å². The molecule has 0 saturated heterocycles. The fourth-order valence-electron chi connectivity index (χ4n) is 5.69. The Balaban J connectivity index is 2.78. The highest BCUT2D eigenvalue weighted by Gasteiger charge is 2.57. The summed E-state index contributed by atoms with van der Waals surface area (Å²) in [5.74, 6) is 1.37. The zero-order chi connectivity index (χ0) is 25.7. The molecular formula is C28H46O3Si2. The van der Waals surface area contributed by atoms with Crippen LogP contribution in [0.2, 0.25) is 20.2 Å². The Morgan fingerprint density at radius 1 is 0.485 bits per heavy atom. The van der Waals surface area contributed by atoms with Gasteiger partial charge in [-0.05, 0) is 32.3 Å². The maximum absolute atomic E-state index is 12.3. The third-order valence-corrected chi connectivity index (χ3v) is 18.2. The van der Waals surface area contributed by atoms with Crippen LogP contribution < -0.4 is 15.1 Å². The van der Waals surface area contributed by atoms with Crippen LogP contribution in [0.15, 0.2) is 48.5 Å². The van der Waals surface area contributed by atoms with Crippen LogP contribution in [-0.4, -0.2) is 26.2 Å². The summed E-state index contributed by atoms with van der Waals surface area (Å²) >= 11 is 0. The van der Waals surface area contributed by atoms with Gasteiger partial charge in [-0.3, -0.25) is 0 Å². The molecule has 2 aromatic carbocycles. The first-order chi connectivity index (χ1) is 14.7. The lowest BCUT2D eigenvalue weighted by atomic mass is 10.2. The molecule has 0 aliphatic heterocycles. The number of benzene rings is 2. The molecule has 0 fully saturated rings. The summed E-state index contributed by atoms with van der Waals surface area (Å²) in [5, 5.41) is 0.619. The quantitative estimate of drug-likeness (QED) is 0.459. The Kier molecular flexibility index (Phi) is 7.31. The van der Waals surface area contributed by atoms with Crippen LogP contribution >= 0.6 is 0 Å². The fourth-order valence-corrected chi connectivity index (χ4v) is 15.1.